The molecule has 0 bridgehead atoms. The van der Waals surface area contributed by atoms with Crippen LogP contribution < -0.4 is 15.2 Å². The van der Waals surface area contributed by atoms with Crippen LogP contribution in [0.1, 0.15) is 73.1 Å². The van der Waals surface area contributed by atoms with Crippen LogP contribution >= 0.6 is 22.9 Å². The summed E-state index contributed by atoms with van der Waals surface area (Å²) >= 11 is 8.05. The zero-order chi connectivity index (χ0) is 43.4. The predicted molar refractivity (Wildman–Crippen MR) is 246 cm³/mol. The number of carbonyl (C=O) groups excluding carboxylic acids is 1. The van der Waals surface area contributed by atoms with Gasteiger partial charge in [-0.2, -0.15) is 5.10 Å². The number of amidine groups is 1. The number of likely N-dealkylation sites (tertiary alicyclic amines) is 1. The molecule has 0 spiro atoms. The number of rotatable bonds is 9. The predicted octanol–water partition coefficient (Wildman–Crippen LogP) is 7.25. The van der Waals surface area contributed by atoms with Gasteiger partial charge in [0.2, 0.25) is 5.91 Å². The number of thiophene rings is 1. The molecule has 0 radical (unpaired) electrons. The van der Waals surface area contributed by atoms with Crippen molar-refractivity contribution in [2.75, 3.05) is 55.6 Å². The Morgan fingerprint density at radius 3 is 2.29 bits per heavy atom. The molecule has 1 unspecified atom stereocenters. The summed E-state index contributed by atoms with van der Waals surface area (Å²) in [5, 5.41) is 46.4. The van der Waals surface area contributed by atoms with Gasteiger partial charge in [0.05, 0.1) is 23.4 Å². The summed E-state index contributed by atoms with van der Waals surface area (Å²) in [5.74, 6) is 1.58. The molecule has 2 atom stereocenters. The summed E-state index contributed by atoms with van der Waals surface area (Å²) in [5.41, 5.74) is 10.2. The molecule has 2 saturated heterocycles. The Balaban J connectivity index is 0.806. The Labute approximate surface area is 370 Å². The van der Waals surface area contributed by atoms with Gasteiger partial charge in [-0.15, -0.1) is 16.4 Å². The van der Waals surface area contributed by atoms with Gasteiger partial charge in [0.1, 0.15) is 28.7 Å². The number of amides is 1. The number of aromatic hydroxyl groups is 3. The number of aryl methyl sites for hydroxylation is 1. The summed E-state index contributed by atoms with van der Waals surface area (Å²) in [6, 6.07) is 18.0. The number of fused-ring (bicyclic) bond motifs is 3. The third kappa shape index (κ3) is 7.86. The lowest BCUT2D eigenvalue weighted by Crippen LogP contribution is -2.49. The average Bonchev–Trinajstić information content (AvgIpc) is 3.90. The van der Waals surface area contributed by atoms with Crippen LogP contribution in [0.25, 0.3) is 17.1 Å². The van der Waals surface area contributed by atoms with E-state index in [2.05, 4.69) is 51.1 Å². The van der Waals surface area contributed by atoms with Crippen molar-refractivity contribution >= 4 is 51.1 Å². The number of nitrogens with one attached hydrogen (secondary N) is 1. The van der Waals surface area contributed by atoms with E-state index in [1.807, 2.05) is 67.3 Å². The third-order valence-corrected chi connectivity index (χ3v) is 14.3. The average molecular weight is 878 g/mol. The number of hydrazone groups is 1. The van der Waals surface area contributed by atoms with Crippen LogP contribution in [-0.4, -0.2) is 115 Å². The molecule has 62 heavy (non-hydrogen) atoms. The van der Waals surface area contributed by atoms with E-state index in [1.165, 1.54) is 21.1 Å². The Morgan fingerprint density at radius 1 is 0.903 bits per heavy atom. The van der Waals surface area contributed by atoms with Crippen LogP contribution in [0.2, 0.25) is 5.02 Å². The highest BCUT2D eigenvalue weighted by atomic mass is 35.5. The van der Waals surface area contributed by atoms with E-state index in [0.29, 0.717) is 27.8 Å². The Morgan fingerprint density at radius 2 is 1.60 bits per heavy atom. The van der Waals surface area contributed by atoms with E-state index in [1.54, 1.807) is 17.4 Å². The lowest BCUT2D eigenvalue weighted by molar-refractivity contribution is -0.132. The first-order chi connectivity index (χ1) is 29.8. The number of piperazine rings is 1. The number of benzene rings is 3. The second kappa shape index (κ2) is 16.9. The molecular formula is C46H53ClN10O4S. The van der Waals surface area contributed by atoms with Crippen molar-refractivity contribution in [1.29, 1.82) is 0 Å². The zero-order valence-corrected chi connectivity index (χ0v) is 37.3. The molecular weight excluding hydrogens is 824 g/mol. The number of aliphatic imine (C=N–C) groups is 1. The minimum absolute atomic E-state index is 0.00710. The zero-order valence-electron chi connectivity index (χ0n) is 35.7. The number of halogens is 1. The monoisotopic (exact) mass is 876 g/mol. The third-order valence-electron chi connectivity index (χ3n) is 12.9. The Bertz CT molecular complexity index is 2540. The number of hydrogen-bond acceptors (Lipinski definition) is 13. The highest BCUT2D eigenvalue weighted by Gasteiger charge is 2.40. The molecule has 2 aromatic heterocycles. The largest absolute Gasteiger partial charge is 0.508 e. The molecule has 4 N–H and O–H groups in total. The van der Waals surface area contributed by atoms with Crippen molar-refractivity contribution in [3.63, 3.8) is 0 Å². The summed E-state index contributed by atoms with van der Waals surface area (Å²) < 4.78 is 1.50. The van der Waals surface area contributed by atoms with E-state index in [9.17, 15) is 20.1 Å². The van der Waals surface area contributed by atoms with E-state index in [4.69, 9.17) is 21.7 Å². The van der Waals surface area contributed by atoms with Gasteiger partial charge in [0, 0.05) is 78.6 Å². The van der Waals surface area contributed by atoms with Crippen LogP contribution in [0.4, 0.5) is 10.7 Å². The van der Waals surface area contributed by atoms with E-state index in [0.717, 1.165) is 92.0 Å². The minimum atomic E-state index is -0.430. The molecule has 14 nitrogen and oxygen atoms in total. The van der Waals surface area contributed by atoms with Crippen molar-refractivity contribution < 1.29 is 20.1 Å². The fourth-order valence-corrected chi connectivity index (χ4v) is 10.6. The van der Waals surface area contributed by atoms with Crippen LogP contribution in [0.5, 0.6) is 17.5 Å². The van der Waals surface area contributed by atoms with Gasteiger partial charge in [-0.1, -0.05) is 42.7 Å². The normalized spacial score (nSPS) is 19.6. The molecule has 3 aromatic carbocycles. The number of phenolic OH excluding ortho intramolecular Hbond substituents is 2. The molecule has 16 heteroatoms. The fourth-order valence-electron chi connectivity index (χ4n) is 9.23. The number of carbonyl (C=O) groups is 1. The second-order valence-corrected chi connectivity index (χ2v) is 18.8. The summed E-state index contributed by atoms with van der Waals surface area (Å²) in [4.78, 5) is 29.8. The van der Waals surface area contributed by atoms with Gasteiger partial charge in [-0.25, -0.2) is 4.57 Å². The van der Waals surface area contributed by atoms with Gasteiger partial charge < -0.3 is 25.1 Å². The molecule has 324 valence electrons. The minimum Gasteiger partial charge on any atom is -0.508 e. The van der Waals surface area contributed by atoms with Crippen molar-refractivity contribution in [3.05, 3.63) is 92.8 Å². The van der Waals surface area contributed by atoms with E-state index < -0.39 is 6.04 Å². The summed E-state index contributed by atoms with van der Waals surface area (Å²) in [6.07, 6.45) is 2.14. The lowest BCUT2D eigenvalue weighted by atomic mass is 9.95. The first kappa shape index (κ1) is 41.7. The van der Waals surface area contributed by atoms with Gasteiger partial charge in [-0.05, 0) is 99.0 Å². The number of nitrogens with zero attached hydrogens (tertiary/aromatic N) is 9. The molecule has 4 aliphatic heterocycles. The van der Waals surface area contributed by atoms with Crippen LogP contribution in [0, 0.1) is 19.8 Å². The topological polar surface area (TPSA) is 158 Å². The van der Waals surface area contributed by atoms with Crippen molar-refractivity contribution in [2.45, 2.75) is 72.0 Å². The quantitative estimate of drug-likeness (QED) is 0.119. The van der Waals surface area contributed by atoms with E-state index >= 15 is 0 Å². The number of piperidine rings is 1. The highest BCUT2D eigenvalue weighted by Crippen LogP contribution is 2.43. The Hall–Kier alpha value is -5.64. The van der Waals surface area contributed by atoms with E-state index in [-0.39, 0.29) is 47.7 Å². The fraction of sp³-hybridized carbons (Fsp3) is 0.413. The second-order valence-electron chi connectivity index (χ2n) is 17.2. The van der Waals surface area contributed by atoms with Crippen LogP contribution in [-0.2, 0) is 4.79 Å². The van der Waals surface area contributed by atoms with Crippen molar-refractivity contribution in [1.82, 2.24) is 30.0 Å². The molecule has 6 heterocycles. The molecule has 9 rings (SSSR count). The van der Waals surface area contributed by atoms with Gasteiger partial charge >= 0.3 is 6.01 Å². The van der Waals surface area contributed by atoms with Crippen LogP contribution in [0.15, 0.2) is 70.8 Å². The van der Waals surface area contributed by atoms with Gasteiger partial charge in [0.25, 0.3) is 0 Å². The molecule has 0 aliphatic carbocycles. The van der Waals surface area contributed by atoms with Crippen molar-refractivity contribution in [2.24, 2.45) is 16.0 Å². The smallest absolute Gasteiger partial charge is 0.319 e. The van der Waals surface area contributed by atoms with Crippen molar-refractivity contribution in [3.8, 4) is 34.6 Å². The number of anilines is 2. The maximum Gasteiger partial charge on any atom is 0.319 e. The molecule has 4 aliphatic rings. The maximum absolute atomic E-state index is 14.1. The molecule has 0 saturated carbocycles. The van der Waals surface area contributed by atoms with Gasteiger partial charge in [-0.3, -0.25) is 25.0 Å². The van der Waals surface area contributed by atoms with Gasteiger partial charge in [0.15, 0.2) is 11.7 Å². The first-order valence-corrected chi connectivity index (χ1v) is 22.7. The SMILES string of the molecule is Cc1sc2c(c1C)C(c1ccc(Cl)cc1)=N[C@@H](CC(=O)N1CCC(CN3CCN(c4ccc(-n5c(O)nnc5-c5cc(C(C)C)c(O)cc5O)cc4)CC3)CC1)C1=NNC(C)N12. The standard InChI is InChI=1S/C46H53ClN10O4S/c1-26(2)35-22-36(39(59)24-38(35)58)43-50-52-46(61)57(43)34-12-10-33(11-13-34)54-20-18-53(19-21-54)25-30-14-16-55(17-15-30)40(60)23-37-44-51-49-29(5)56(44)45-41(27(3)28(4)62-45)42(48-37)31-6-8-32(47)9-7-31/h6-13,22,24,26,29-30,37,49,58-59H,14-21,23,25H2,1-5H3,(H,52,61)/t29?,37-/m0/s1. The summed E-state index contributed by atoms with van der Waals surface area (Å²) in [6.45, 7) is 16.5. The molecule has 2 fully saturated rings. The first-order valence-electron chi connectivity index (χ1n) is 21.5. The number of aromatic nitrogens is 3. The summed E-state index contributed by atoms with van der Waals surface area (Å²) in [7, 11) is 0. The lowest BCUT2D eigenvalue weighted by Gasteiger charge is -2.39. The molecule has 1 amide bonds. The maximum atomic E-state index is 14.1. The Kier molecular flexibility index (Phi) is 11.4. The van der Waals surface area contributed by atoms with Crippen LogP contribution in [0.3, 0.4) is 0 Å². The number of phenols is 2. The number of hydrogen-bond donors (Lipinski definition) is 4. The highest BCUT2D eigenvalue weighted by molar-refractivity contribution is 7.17. The molecule has 5 aromatic rings.